The smallest absolute Gasteiger partial charge is 0.404 e. The van der Waals surface area contributed by atoms with Gasteiger partial charge in [-0.1, -0.05) is 0 Å². The minimum Gasteiger partial charge on any atom is -0.485 e. The third kappa shape index (κ3) is 4.07. The minimum atomic E-state index is -0.961. The summed E-state index contributed by atoms with van der Waals surface area (Å²) >= 11 is 1.61. The van der Waals surface area contributed by atoms with E-state index in [-0.39, 0.29) is 0 Å². The van der Waals surface area contributed by atoms with Crippen LogP contribution in [0.15, 0.2) is 10.8 Å². The molecule has 0 saturated heterocycles. The molecule has 0 radical (unpaired) electrons. The molecule has 1 amide bonds. The lowest BCUT2D eigenvalue weighted by Gasteiger charge is -2.13. The molecule has 84 valence electrons. The first-order chi connectivity index (χ1) is 7.24. The van der Waals surface area contributed by atoms with Crippen molar-refractivity contribution >= 4 is 17.4 Å². The maximum Gasteiger partial charge on any atom is 0.404 e. The molecule has 2 rings (SSSR count). The van der Waals surface area contributed by atoms with Gasteiger partial charge >= 0.3 is 6.09 Å². The first-order valence-electron chi connectivity index (χ1n) is 4.52. The van der Waals surface area contributed by atoms with E-state index in [0.29, 0.717) is 19.8 Å². The van der Waals surface area contributed by atoms with Gasteiger partial charge in [-0.25, -0.2) is 4.79 Å². The predicted molar refractivity (Wildman–Crippen MR) is 57.0 cm³/mol. The number of thiophene rings is 1. The standard InChI is InChI=1S/C6H6O2S.C3H7NO2/c1-2-8-6-4-9-3-5(6)7-1;1-2-4-3(5)6/h3-4H,1-2H2;4H,2H2,1H3,(H,5,6). The summed E-state index contributed by atoms with van der Waals surface area (Å²) in [5.41, 5.74) is 0. The van der Waals surface area contributed by atoms with Crippen molar-refractivity contribution in [3.63, 3.8) is 0 Å². The van der Waals surface area contributed by atoms with Crippen molar-refractivity contribution in [1.82, 2.24) is 5.32 Å². The van der Waals surface area contributed by atoms with Crippen LogP contribution in [0.5, 0.6) is 11.5 Å². The number of ether oxygens (including phenoxy) is 2. The molecule has 5 nitrogen and oxygen atoms in total. The molecule has 6 heteroatoms. The van der Waals surface area contributed by atoms with Gasteiger partial charge < -0.3 is 19.9 Å². The lowest BCUT2D eigenvalue weighted by Crippen LogP contribution is -2.19. The molecule has 1 aliphatic rings. The molecule has 1 aliphatic heterocycles. The number of amides is 1. The highest BCUT2D eigenvalue weighted by atomic mass is 32.1. The van der Waals surface area contributed by atoms with Gasteiger partial charge in [0.05, 0.1) is 0 Å². The summed E-state index contributed by atoms with van der Waals surface area (Å²) < 4.78 is 10.5. The highest BCUT2D eigenvalue weighted by Crippen LogP contribution is 2.33. The molecule has 0 aliphatic carbocycles. The Hall–Kier alpha value is -1.43. The summed E-state index contributed by atoms with van der Waals surface area (Å²) in [7, 11) is 0. The Labute approximate surface area is 91.6 Å². The number of carbonyl (C=O) groups is 1. The summed E-state index contributed by atoms with van der Waals surface area (Å²) in [5.74, 6) is 1.79. The topological polar surface area (TPSA) is 67.8 Å². The largest absolute Gasteiger partial charge is 0.485 e. The maximum absolute atomic E-state index is 9.49. The Morgan fingerprint density at radius 3 is 2.33 bits per heavy atom. The summed E-state index contributed by atoms with van der Waals surface area (Å²) in [6.07, 6.45) is -0.961. The lowest BCUT2D eigenvalue weighted by atomic mass is 10.5. The van der Waals surface area contributed by atoms with Crippen LogP contribution >= 0.6 is 11.3 Å². The SMILES string of the molecule is CCNC(=O)O.c1scc2c1OCCO2. The number of rotatable bonds is 1. The van der Waals surface area contributed by atoms with Gasteiger partial charge in [0.2, 0.25) is 0 Å². The molecule has 2 heterocycles. The molecule has 0 saturated carbocycles. The van der Waals surface area contributed by atoms with Gasteiger partial charge in [0, 0.05) is 17.3 Å². The normalized spacial score (nSPS) is 12.3. The van der Waals surface area contributed by atoms with Crippen molar-refractivity contribution in [2.24, 2.45) is 0 Å². The second-order valence-corrected chi connectivity index (χ2v) is 3.38. The number of nitrogens with one attached hydrogen (secondary N) is 1. The van der Waals surface area contributed by atoms with Crippen LogP contribution in [0.1, 0.15) is 6.92 Å². The average Bonchev–Trinajstić information content (AvgIpc) is 2.65. The van der Waals surface area contributed by atoms with E-state index < -0.39 is 6.09 Å². The second-order valence-electron chi connectivity index (χ2n) is 2.63. The number of hydrogen-bond donors (Lipinski definition) is 2. The Kier molecular flexibility index (Phi) is 4.76. The molecule has 15 heavy (non-hydrogen) atoms. The number of fused-ring (bicyclic) bond motifs is 1. The highest BCUT2D eigenvalue weighted by Gasteiger charge is 2.10. The van der Waals surface area contributed by atoms with Crippen LogP contribution in [0.2, 0.25) is 0 Å². The molecule has 0 unspecified atom stereocenters. The molecule has 0 fully saturated rings. The van der Waals surface area contributed by atoms with Crippen molar-refractivity contribution in [3.05, 3.63) is 10.8 Å². The van der Waals surface area contributed by atoms with E-state index in [2.05, 4.69) is 5.32 Å². The molecular formula is C9H13NO4S. The fraction of sp³-hybridized carbons (Fsp3) is 0.444. The van der Waals surface area contributed by atoms with Crippen molar-refractivity contribution in [2.75, 3.05) is 19.8 Å². The van der Waals surface area contributed by atoms with Gasteiger partial charge in [-0.3, -0.25) is 0 Å². The van der Waals surface area contributed by atoms with Crippen LogP contribution in [-0.4, -0.2) is 31.0 Å². The van der Waals surface area contributed by atoms with Crippen LogP contribution in [-0.2, 0) is 0 Å². The van der Waals surface area contributed by atoms with Crippen LogP contribution in [0.4, 0.5) is 4.79 Å². The minimum absolute atomic E-state index is 0.481. The molecule has 0 bridgehead atoms. The van der Waals surface area contributed by atoms with Crippen molar-refractivity contribution in [2.45, 2.75) is 6.92 Å². The van der Waals surface area contributed by atoms with E-state index in [1.807, 2.05) is 10.8 Å². The van der Waals surface area contributed by atoms with Gasteiger partial charge in [0.1, 0.15) is 13.2 Å². The summed E-state index contributed by atoms with van der Waals surface area (Å²) in [5, 5.41) is 13.8. The first-order valence-corrected chi connectivity index (χ1v) is 5.47. The monoisotopic (exact) mass is 231 g/mol. The third-order valence-electron chi connectivity index (χ3n) is 1.52. The fourth-order valence-corrected chi connectivity index (χ4v) is 1.62. The van der Waals surface area contributed by atoms with Crippen molar-refractivity contribution in [3.8, 4) is 11.5 Å². The van der Waals surface area contributed by atoms with Gasteiger partial charge in [0.25, 0.3) is 0 Å². The Morgan fingerprint density at radius 1 is 1.47 bits per heavy atom. The zero-order valence-corrected chi connectivity index (χ0v) is 9.17. The van der Waals surface area contributed by atoms with E-state index in [1.165, 1.54) is 0 Å². The second kappa shape index (κ2) is 6.13. The fourth-order valence-electron chi connectivity index (χ4n) is 0.939. The van der Waals surface area contributed by atoms with E-state index in [0.717, 1.165) is 11.5 Å². The van der Waals surface area contributed by atoms with Gasteiger partial charge in [-0.15, -0.1) is 11.3 Å². The maximum atomic E-state index is 9.49. The highest BCUT2D eigenvalue weighted by molar-refractivity contribution is 7.08. The molecular weight excluding hydrogens is 218 g/mol. The summed E-state index contributed by atoms with van der Waals surface area (Å²) in [6.45, 7) is 3.58. The van der Waals surface area contributed by atoms with Crippen molar-refractivity contribution in [1.29, 1.82) is 0 Å². The zero-order valence-electron chi connectivity index (χ0n) is 8.36. The molecule has 0 aromatic carbocycles. The quantitative estimate of drug-likeness (QED) is 0.773. The lowest BCUT2D eigenvalue weighted by molar-refractivity contribution is 0.173. The van der Waals surface area contributed by atoms with E-state index in [4.69, 9.17) is 14.6 Å². The Morgan fingerprint density at radius 2 is 2.00 bits per heavy atom. The summed E-state index contributed by atoms with van der Waals surface area (Å²) in [6, 6.07) is 0. The molecule has 2 N–H and O–H groups in total. The van der Waals surface area contributed by atoms with Gasteiger partial charge in [0.15, 0.2) is 11.5 Å². The Bertz CT molecular complexity index is 292. The van der Waals surface area contributed by atoms with Gasteiger partial charge in [-0.05, 0) is 6.92 Å². The van der Waals surface area contributed by atoms with E-state index in [9.17, 15) is 4.79 Å². The predicted octanol–water partition coefficient (Wildman–Crippen LogP) is 1.79. The van der Waals surface area contributed by atoms with Crippen LogP contribution in [0, 0.1) is 0 Å². The van der Waals surface area contributed by atoms with Crippen LogP contribution in [0.3, 0.4) is 0 Å². The molecule has 1 aromatic rings. The van der Waals surface area contributed by atoms with E-state index >= 15 is 0 Å². The van der Waals surface area contributed by atoms with Crippen molar-refractivity contribution < 1.29 is 19.4 Å². The Balaban J connectivity index is 0.000000167. The van der Waals surface area contributed by atoms with Crippen LogP contribution in [0.25, 0.3) is 0 Å². The zero-order chi connectivity index (χ0) is 11.1. The van der Waals surface area contributed by atoms with Crippen LogP contribution < -0.4 is 14.8 Å². The average molecular weight is 231 g/mol. The number of carboxylic acid groups (broad SMARTS) is 1. The van der Waals surface area contributed by atoms with Gasteiger partial charge in [-0.2, -0.15) is 0 Å². The molecule has 0 atom stereocenters. The van der Waals surface area contributed by atoms with E-state index in [1.54, 1.807) is 18.3 Å². The first kappa shape index (κ1) is 11.6. The third-order valence-corrected chi connectivity index (χ3v) is 2.22. The molecule has 1 aromatic heterocycles. The summed E-state index contributed by atoms with van der Waals surface area (Å²) in [4.78, 5) is 9.49. The molecule has 0 spiro atoms. The number of hydrogen-bond acceptors (Lipinski definition) is 4.